The summed E-state index contributed by atoms with van der Waals surface area (Å²) in [5, 5.41) is 0. The highest BCUT2D eigenvalue weighted by atomic mass is 32.2. The minimum Gasteiger partial charge on any atom is -0.497 e. The van der Waals surface area contributed by atoms with E-state index in [1.807, 2.05) is 25.7 Å². The van der Waals surface area contributed by atoms with E-state index < -0.39 is 10.1 Å². The van der Waals surface area contributed by atoms with Gasteiger partial charge in [0.1, 0.15) is 16.4 Å². The lowest BCUT2D eigenvalue weighted by atomic mass is 9.91. The number of carbonyl (C=O) groups excluding carboxylic acids is 1. The van der Waals surface area contributed by atoms with Crippen molar-refractivity contribution < 1.29 is 26.9 Å². The van der Waals surface area contributed by atoms with Gasteiger partial charge in [-0.05, 0) is 60.2 Å². The lowest BCUT2D eigenvalue weighted by Gasteiger charge is -2.29. The minimum atomic E-state index is -3.96. The van der Waals surface area contributed by atoms with Gasteiger partial charge in [-0.1, -0.05) is 32.9 Å². The zero-order valence-electron chi connectivity index (χ0n) is 19.7. The molecule has 2 aromatic rings. The smallest absolute Gasteiger partial charge is 0.339 e. The van der Waals surface area contributed by atoms with E-state index in [0.29, 0.717) is 25.3 Å². The summed E-state index contributed by atoms with van der Waals surface area (Å²) >= 11 is 0. The third-order valence-corrected chi connectivity index (χ3v) is 6.59. The van der Waals surface area contributed by atoms with Crippen molar-refractivity contribution in [1.82, 2.24) is 4.90 Å². The Hall–Kier alpha value is -2.58. The third kappa shape index (κ3) is 7.47. The Morgan fingerprint density at radius 1 is 1.06 bits per heavy atom. The summed E-state index contributed by atoms with van der Waals surface area (Å²) in [6, 6.07) is 12.8. The van der Waals surface area contributed by atoms with Crippen molar-refractivity contribution in [1.29, 1.82) is 0 Å². The van der Waals surface area contributed by atoms with Crippen LogP contribution in [0.4, 0.5) is 0 Å². The van der Waals surface area contributed by atoms with Crippen LogP contribution < -0.4 is 8.92 Å². The Morgan fingerprint density at radius 2 is 1.70 bits per heavy atom. The molecule has 0 bridgehead atoms. The van der Waals surface area contributed by atoms with E-state index in [1.54, 1.807) is 36.4 Å². The first kappa shape index (κ1) is 25.1. The number of amides is 1. The Morgan fingerprint density at radius 3 is 2.24 bits per heavy atom. The average molecular weight is 476 g/mol. The van der Waals surface area contributed by atoms with Crippen molar-refractivity contribution in [2.24, 2.45) is 5.41 Å². The van der Waals surface area contributed by atoms with Crippen LogP contribution in [0.15, 0.2) is 53.4 Å². The summed E-state index contributed by atoms with van der Waals surface area (Å²) in [6.45, 7) is 7.86. The molecule has 0 unspecified atom stereocenters. The summed E-state index contributed by atoms with van der Waals surface area (Å²) in [5.41, 5.74) is 0.781. The van der Waals surface area contributed by atoms with E-state index in [-0.39, 0.29) is 28.1 Å². The molecular formula is C25H33NO6S. The van der Waals surface area contributed by atoms with E-state index in [2.05, 4.69) is 0 Å². The number of hydrogen-bond acceptors (Lipinski definition) is 6. The van der Waals surface area contributed by atoms with Gasteiger partial charge in [0.15, 0.2) is 0 Å². The van der Waals surface area contributed by atoms with Crippen LogP contribution in [0.1, 0.15) is 45.6 Å². The van der Waals surface area contributed by atoms with E-state index in [0.717, 1.165) is 25.0 Å². The molecule has 0 aromatic heterocycles. The number of ether oxygens (including phenoxy) is 2. The first-order valence-corrected chi connectivity index (χ1v) is 12.5. The van der Waals surface area contributed by atoms with Gasteiger partial charge in [-0.25, -0.2) is 0 Å². The largest absolute Gasteiger partial charge is 0.497 e. The molecule has 1 amide bonds. The molecule has 3 rings (SSSR count). The van der Waals surface area contributed by atoms with E-state index in [1.165, 1.54) is 19.2 Å². The summed E-state index contributed by atoms with van der Waals surface area (Å²) in [7, 11) is -2.45. The van der Waals surface area contributed by atoms with Crippen LogP contribution in [-0.4, -0.2) is 45.6 Å². The maximum absolute atomic E-state index is 13.0. The molecule has 180 valence electrons. The Labute approximate surface area is 196 Å². The Bertz CT molecular complexity index is 1020. The monoisotopic (exact) mass is 475 g/mol. The highest BCUT2D eigenvalue weighted by Crippen LogP contribution is 2.24. The molecule has 0 saturated carbocycles. The van der Waals surface area contributed by atoms with Gasteiger partial charge in [-0.3, -0.25) is 4.79 Å². The number of rotatable bonds is 9. The number of methoxy groups -OCH3 is 1. The van der Waals surface area contributed by atoms with Crippen LogP contribution >= 0.6 is 0 Å². The molecule has 1 aliphatic rings. The topological polar surface area (TPSA) is 82.1 Å². The average Bonchev–Trinajstić information content (AvgIpc) is 3.26. The quantitative estimate of drug-likeness (QED) is 0.500. The SMILES string of the molecule is COc1ccc(S(=O)(=O)Oc2ccc(CN(C[C@H]3CCCO3)C(=O)CC(C)(C)C)cc2)cc1. The number of hydrogen-bond donors (Lipinski definition) is 0. The van der Waals surface area contributed by atoms with Crippen LogP contribution in [-0.2, 0) is 26.2 Å². The summed E-state index contributed by atoms with van der Waals surface area (Å²) < 4.78 is 41.2. The number of nitrogens with zero attached hydrogens (tertiary/aromatic N) is 1. The van der Waals surface area contributed by atoms with E-state index in [9.17, 15) is 13.2 Å². The zero-order chi connectivity index (χ0) is 24.1. The second kappa shape index (κ2) is 10.6. The van der Waals surface area contributed by atoms with Crippen LogP contribution in [0.5, 0.6) is 11.5 Å². The fraction of sp³-hybridized carbons (Fsp3) is 0.480. The predicted octanol–water partition coefficient (Wildman–Crippen LogP) is 4.41. The molecule has 0 spiro atoms. The second-order valence-electron chi connectivity index (χ2n) is 9.50. The van der Waals surface area contributed by atoms with Crippen molar-refractivity contribution in [3.05, 3.63) is 54.1 Å². The highest BCUT2D eigenvalue weighted by Gasteiger charge is 2.26. The first-order valence-electron chi connectivity index (χ1n) is 11.1. The standard InChI is InChI=1S/C25H33NO6S/c1-25(2,3)16-24(27)26(18-22-6-5-15-31-22)17-19-7-9-21(10-8-19)32-33(28,29)23-13-11-20(30-4)12-14-23/h7-14,22H,5-6,15-18H2,1-4H3/t22-/m1/s1. The van der Waals surface area contributed by atoms with Crippen molar-refractivity contribution in [3.63, 3.8) is 0 Å². The highest BCUT2D eigenvalue weighted by molar-refractivity contribution is 7.87. The van der Waals surface area contributed by atoms with Gasteiger partial charge >= 0.3 is 10.1 Å². The molecule has 1 heterocycles. The maximum atomic E-state index is 13.0. The molecule has 0 radical (unpaired) electrons. The Balaban J connectivity index is 1.68. The molecule has 7 nitrogen and oxygen atoms in total. The second-order valence-corrected chi connectivity index (χ2v) is 11.0. The van der Waals surface area contributed by atoms with Crippen LogP contribution in [0.3, 0.4) is 0 Å². The van der Waals surface area contributed by atoms with Gasteiger partial charge < -0.3 is 18.6 Å². The molecular weight excluding hydrogens is 442 g/mol. The fourth-order valence-corrected chi connectivity index (χ4v) is 4.57. The lowest BCUT2D eigenvalue weighted by Crippen LogP contribution is -2.38. The van der Waals surface area contributed by atoms with Gasteiger partial charge in [0.2, 0.25) is 5.91 Å². The fourth-order valence-electron chi connectivity index (χ4n) is 3.64. The van der Waals surface area contributed by atoms with Crippen LogP contribution in [0.2, 0.25) is 0 Å². The van der Waals surface area contributed by atoms with Gasteiger partial charge in [-0.2, -0.15) is 8.42 Å². The normalized spacial score (nSPS) is 16.4. The van der Waals surface area contributed by atoms with Crippen LogP contribution in [0, 0.1) is 5.41 Å². The molecule has 0 N–H and O–H groups in total. The van der Waals surface area contributed by atoms with E-state index >= 15 is 0 Å². The van der Waals surface area contributed by atoms with Gasteiger partial charge in [-0.15, -0.1) is 0 Å². The molecule has 1 fully saturated rings. The van der Waals surface area contributed by atoms with E-state index in [4.69, 9.17) is 13.7 Å². The first-order chi connectivity index (χ1) is 15.6. The predicted molar refractivity (Wildman–Crippen MR) is 126 cm³/mol. The molecule has 0 aliphatic carbocycles. The van der Waals surface area contributed by atoms with Crippen molar-refractivity contribution in [2.75, 3.05) is 20.3 Å². The third-order valence-electron chi connectivity index (χ3n) is 5.33. The molecule has 33 heavy (non-hydrogen) atoms. The minimum absolute atomic E-state index is 0.0443. The molecule has 1 atom stereocenters. The number of benzene rings is 2. The van der Waals surface area contributed by atoms with Crippen molar-refractivity contribution in [3.8, 4) is 11.5 Å². The van der Waals surface area contributed by atoms with Gasteiger partial charge in [0.25, 0.3) is 0 Å². The molecule has 1 saturated heterocycles. The molecule has 8 heteroatoms. The maximum Gasteiger partial charge on any atom is 0.339 e. The van der Waals surface area contributed by atoms with Crippen LogP contribution in [0.25, 0.3) is 0 Å². The number of carbonyl (C=O) groups is 1. The lowest BCUT2D eigenvalue weighted by molar-refractivity contribution is -0.135. The van der Waals surface area contributed by atoms with Crippen molar-refractivity contribution >= 4 is 16.0 Å². The van der Waals surface area contributed by atoms with Crippen molar-refractivity contribution in [2.45, 2.75) is 57.6 Å². The zero-order valence-corrected chi connectivity index (χ0v) is 20.6. The summed E-state index contributed by atoms with van der Waals surface area (Å²) in [4.78, 5) is 14.8. The summed E-state index contributed by atoms with van der Waals surface area (Å²) in [5.74, 6) is 0.855. The molecule has 1 aliphatic heterocycles. The molecule has 2 aromatic carbocycles. The summed E-state index contributed by atoms with van der Waals surface area (Å²) in [6.07, 6.45) is 2.47. The Kier molecular flexibility index (Phi) is 8.02. The van der Waals surface area contributed by atoms with Gasteiger partial charge in [0, 0.05) is 26.1 Å². The van der Waals surface area contributed by atoms with Gasteiger partial charge in [0.05, 0.1) is 13.2 Å².